The molecule has 0 aromatic carbocycles. The van der Waals surface area contributed by atoms with Crippen molar-refractivity contribution in [1.29, 1.82) is 0 Å². The molecule has 104 valence electrons. The van der Waals surface area contributed by atoms with Crippen LogP contribution in [0.3, 0.4) is 0 Å². The third-order valence-corrected chi connectivity index (χ3v) is 2.60. The van der Waals surface area contributed by atoms with Crippen molar-refractivity contribution in [2.45, 2.75) is 13.8 Å². The number of hydrogen-bond donors (Lipinski definition) is 2. The summed E-state index contributed by atoms with van der Waals surface area (Å²) in [7, 11) is 0. The second kappa shape index (κ2) is 5.96. The van der Waals surface area contributed by atoms with Gasteiger partial charge in [-0.3, -0.25) is 9.78 Å². The Hall–Kier alpha value is -2.70. The van der Waals surface area contributed by atoms with Gasteiger partial charge in [0.15, 0.2) is 0 Å². The lowest BCUT2D eigenvalue weighted by atomic mass is 10.2. The van der Waals surface area contributed by atoms with E-state index in [9.17, 15) is 9.59 Å². The molecule has 0 atom stereocenters. The predicted molar refractivity (Wildman–Crippen MR) is 71.5 cm³/mol. The summed E-state index contributed by atoms with van der Waals surface area (Å²) in [5, 5.41) is 2.61. The number of nitrogens with zero attached hydrogens (tertiary/aromatic N) is 2. The second-order valence-corrected chi connectivity index (χ2v) is 3.97. The SMILES string of the molecule is CCOC(=O)c1c(NC(=O)c2cnccn2)c[nH]c1C. The van der Waals surface area contributed by atoms with Gasteiger partial charge in [-0.05, 0) is 13.8 Å². The fourth-order valence-electron chi connectivity index (χ4n) is 1.69. The fourth-order valence-corrected chi connectivity index (χ4v) is 1.69. The smallest absolute Gasteiger partial charge is 0.342 e. The topological polar surface area (TPSA) is 97.0 Å². The van der Waals surface area contributed by atoms with Crippen LogP contribution in [0.4, 0.5) is 5.69 Å². The predicted octanol–water partition coefficient (Wildman–Crippen LogP) is 1.54. The van der Waals surface area contributed by atoms with E-state index in [1.807, 2.05) is 0 Å². The van der Waals surface area contributed by atoms with Gasteiger partial charge in [-0.25, -0.2) is 9.78 Å². The number of hydrogen-bond acceptors (Lipinski definition) is 5. The second-order valence-electron chi connectivity index (χ2n) is 3.97. The van der Waals surface area contributed by atoms with E-state index in [0.717, 1.165) is 0 Å². The first kappa shape index (κ1) is 13.7. The van der Waals surface area contributed by atoms with Crippen molar-refractivity contribution in [3.05, 3.63) is 41.7 Å². The molecule has 0 aliphatic rings. The number of anilines is 1. The van der Waals surface area contributed by atoms with Crippen LogP contribution >= 0.6 is 0 Å². The molecule has 0 unspecified atom stereocenters. The van der Waals surface area contributed by atoms with Gasteiger partial charge in [0.25, 0.3) is 5.91 Å². The summed E-state index contributed by atoms with van der Waals surface area (Å²) in [6.45, 7) is 3.71. The van der Waals surface area contributed by atoms with Gasteiger partial charge in [0.05, 0.1) is 18.5 Å². The maximum Gasteiger partial charge on any atom is 0.342 e. The average molecular weight is 274 g/mol. The summed E-state index contributed by atoms with van der Waals surface area (Å²) in [5.74, 6) is -0.927. The van der Waals surface area contributed by atoms with Crippen LogP contribution in [0.15, 0.2) is 24.8 Å². The van der Waals surface area contributed by atoms with Gasteiger partial charge in [0.2, 0.25) is 0 Å². The summed E-state index contributed by atoms with van der Waals surface area (Å²) in [6, 6.07) is 0. The average Bonchev–Trinajstić information content (AvgIpc) is 2.81. The lowest BCUT2D eigenvalue weighted by Crippen LogP contribution is -2.16. The first-order chi connectivity index (χ1) is 9.63. The number of nitrogens with one attached hydrogen (secondary N) is 2. The van der Waals surface area contributed by atoms with Crippen LogP contribution in [0.1, 0.15) is 33.5 Å². The van der Waals surface area contributed by atoms with Crippen molar-refractivity contribution in [3.63, 3.8) is 0 Å². The van der Waals surface area contributed by atoms with E-state index in [2.05, 4.69) is 20.3 Å². The zero-order valence-electron chi connectivity index (χ0n) is 11.1. The minimum atomic E-state index is -0.485. The number of aryl methyl sites for hydroxylation is 1. The molecular formula is C13H14N4O3. The van der Waals surface area contributed by atoms with Crippen molar-refractivity contribution in [2.24, 2.45) is 0 Å². The van der Waals surface area contributed by atoms with Crippen LogP contribution < -0.4 is 5.32 Å². The normalized spacial score (nSPS) is 10.1. The highest BCUT2D eigenvalue weighted by Crippen LogP contribution is 2.20. The van der Waals surface area contributed by atoms with Crippen LogP contribution in [-0.2, 0) is 4.74 Å². The summed E-state index contributed by atoms with van der Waals surface area (Å²) < 4.78 is 4.96. The van der Waals surface area contributed by atoms with Crippen LogP contribution in [0, 0.1) is 6.92 Å². The van der Waals surface area contributed by atoms with E-state index in [1.54, 1.807) is 13.8 Å². The van der Waals surface area contributed by atoms with Crippen molar-refractivity contribution in [1.82, 2.24) is 15.0 Å². The molecule has 2 aromatic rings. The molecule has 0 fully saturated rings. The molecule has 7 nitrogen and oxygen atoms in total. The van der Waals surface area contributed by atoms with Gasteiger partial charge in [-0.2, -0.15) is 0 Å². The minimum Gasteiger partial charge on any atom is -0.462 e. The molecule has 0 spiro atoms. The van der Waals surface area contributed by atoms with Gasteiger partial charge < -0.3 is 15.0 Å². The molecule has 1 amide bonds. The molecule has 2 aromatic heterocycles. The Morgan fingerprint density at radius 2 is 2.20 bits per heavy atom. The molecule has 2 N–H and O–H groups in total. The summed E-state index contributed by atoms with van der Waals surface area (Å²) in [6.07, 6.45) is 5.78. The molecule has 0 bridgehead atoms. The molecule has 0 aliphatic carbocycles. The number of aromatic nitrogens is 3. The number of amides is 1. The van der Waals surface area contributed by atoms with E-state index in [1.165, 1.54) is 24.8 Å². The Labute approximate surface area is 115 Å². The molecule has 0 aliphatic heterocycles. The molecule has 0 radical (unpaired) electrons. The first-order valence-electron chi connectivity index (χ1n) is 6.06. The zero-order chi connectivity index (χ0) is 14.5. The van der Waals surface area contributed by atoms with E-state index in [4.69, 9.17) is 4.74 Å². The van der Waals surface area contributed by atoms with Gasteiger partial charge in [0, 0.05) is 24.3 Å². The highest BCUT2D eigenvalue weighted by Gasteiger charge is 2.19. The Balaban J connectivity index is 2.22. The molecule has 0 saturated carbocycles. The summed E-state index contributed by atoms with van der Waals surface area (Å²) in [4.78, 5) is 34.4. The van der Waals surface area contributed by atoms with Crippen molar-refractivity contribution >= 4 is 17.6 Å². The van der Waals surface area contributed by atoms with Crippen molar-refractivity contribution < 1.29 is 14.3 Å². The number of carbonyl (C=O) groups excluding carboxylic acids is 2. The maximum absolute atomic E-state index is 12.0. The number of carbonyl (C=O) groups is 2. The Morgan fingerprint density at radius 3 is 2.85 bits per heavy atom. The Morgan fingerprint density at radius 1 is 1.40 bits per heavy atom. The van der Waals surface area contributed by atoms with Crippen molar-refractivity contribution in [3.8, 4) is 0 Å². The first-order valence-corrected chi connectivity index (χ1v) is 6.06. The number of H-pyrrole nitrogens is 1. The number of esters is 1. The standard InChI is InChI=1S/C13H14N4O3/c1-3-20-13(19)11-8(2)16-7-9(11)17-12(18)10-6-14-4-5-15-10/h4-7,16H,3H2,1-2H3,(H,17,18). The lowest BCUT2D eigenvalue weighted by molar-refractivity contribution is 0.0527. The number of ether oxygens (including phenoxy) is 1. The fraction of sp³-hybridized carbons (Fsp3) is 0.231. The van der Waals surface area contributed by atoms with Crippen LogP contribution in [0.25, 0.3) is 0 Å². The van der Waals surface area contributed by atoms with E-state index in [0.29, 0.717) is 16.9 Å². The highest BCUT2D eigenvalue weighted by atomic mass is 16.5. The summed E-state index contributed by atoms with van der Waals surface area (Å²) in [5.41, 5.74) is 1.46. The third kappa shape index (κ3) is 2.82. The number of aromatic amines is 1. The van der Waals surface area contributed by atoms with Gasteiger partial charge in [-0.15, -0.1) is 0 Å². The van der Waals surface area contributed by atoms with Crippen LogP contribution in [0.5, 0.6) is 0 Å². The largest absolute Gasteiger partial charge is 0.462 e. The third-order valence-electron chi connectivity index (χ3n) is 2.60. The lowest BCUT2D eigenvalue weighted by Gasteiger charge is -2.06. The maximum atomic E-state index is 12.0. The van der Waals surface area contributed by atoms with Gasteiger partial charge >= 0.3 is 5.97 Å². The number of rotatable bonds is 4. The highest BCUT2D eigenvalue weighted by molar-refractivity contribution is 6.07. The molecule has 0 saturated heterocycles. The van der Waals surface area contributed by atoms with Gasteiger partial charge in [-0.1, -0.05) is 0 Å². The Bertz CT molecular complexity index is 622. The monoisotopic (exact) mass is 274 g/mol. The quantitative estimate of drug-likeness (QED) is 0.824. The zero-order valence-corrected chi connectivity index (χ0v) is 11.1. The van der Waals surface area contributed by atoms with E-state index in [-0.39, 0.29) is 12.3 Å². The molecule has 2 heterocycles. The minimum absolute atomic E-state index is 0.168. The Kier molecular flexibility index (Phi) is 4.09. The van der Waals surface area contributed by atoms with Gasteiger partial charge in [0.1, 0.15) is 11.3 Å². The molecular weight excluding hydrogens is 260 g/mol. The molecule has 7 heteroatoms. The summed E-state index contributed by atoms with van der Waals surface area (Å²) >= 11 is 0. The van der Waals surface area contributed by atoms with E-state index >= 15 is 0 Å². The molecule has 20 heavy (non-hydrogen) atoms. The van der Waals surface area contributed by atoms with Crippen LogP contribution in [-0.4, -0.2) is 33.4 Å². The van der Waals surface area contributed by atoms with Crippen LogP contribution in [0.2, 0.25) is 0 Å². The van der Waals surface area contributed by atoms with Crippen molar-refractivity contribution in [2.75, 3.05) is 11.9 Å². The molecule has 2 rings (SSSR count). The van der Waals surface area contributed by atoms with E-state index < -0.39 is 11.9 Å².